The summed E-state index contributed by atoms with van der Waals surface area (Å²) in [6.07, 6.45) is 6.74. The van der Waals surface area contributed by atoms with E-state index in [9.17, 15) is 0 Å². The second kappa shape index (κ2) is 10.8. The maximum absolute atomic E-state index is 4.79. The minimum Gasteiger partial charge on any atom is -0.362 e. The van der Waals surface area contributed by atoms with Gasteiger partial charge in [-0.1, -0.05) is 31.7 Å². The van der Waals surface area contributed by atoms with Gasteiger partial charge >= 0.3 is 0 Å². The average Bonchev–Trinajstić information content (AvgIpc) is 2.78. The van der Waals surface area contributed by atoms with Crippen molar-refractivity contribution >= 4 is 34.4 Å². The lowest BCUT2D eigenvalue weighted by atomic mass is 9.91. The van der Waals surface area contributed by atoms with Crippen LogP contribution in [0.15, 0.2) is 53.4 Å². The molecule has 2 N–H and O–H groups in total. The Morgan fingerprint density at radius 2 is 1.61 bits per heavy atom. The minimum absolute atomic E-state index is 0. The first-order valence-corrected chi connectivity index (χ1v) is 11.9. The van der Waals surface area contributed by atoms with Crippen molar-refractivity contribution in [3.05, 3.63) is 54.1 Å². The first-order chi connectivity index (χ1) is 14.6. The van der Waals surface area contributed by atoms with E-state index < -0.39 is 0 Å². The summed E-state index contributed by atoms with van der Waals surface area (Å²) in [6.45, 7) is 0.942. The number of nitrogens with zero attached hydrogens (tertiary/aromatic N) is 3. The Bertz CT molecular complexity index is 965. The van der Waals surface area contributed by atoms with Gasteiger partial charge in [-0.25, -0.2) is 4.98 Å². The molecule has 0 bridgehead atoms. The third-order valence-electron chi connectivity index (χ3n) is 5.82. The third kappa shape index (κ3) is 5.89. The van der Waals surface area contributed by atoms with E-state index >= 15 is 0 Å². The second-order valence-corrected chi connectivity index (χ2v) is 9.08. The van der Waals surface area contributed by atoms with Gasteiger partial charge in [0.05, 0.1) is 5.52 Å². The van der Waals surface area contributed by atoms with Gasteiger partial charge in [0.2, 0.25) is 5.95 Å². The molecule has 1 heterocycles. The summed E-state index contributed by atoms with van der Waals surface area (Å²) in [7, 11) is 4.06. The van der Waals surface area contributed by atoms with E-state index in [1.807, 2.05) is 26.2 Å². The van der Waals surface area contributed by atoms with Gasteiger partial charge in [0, 0.05) is 43.0 Å². The molecule has 0 atom stereocenters. The van der Waals surface area contributed by atoms with Crippen LogP contribution in [0.25, 0.3) is 10.9 Å². The Labute approximate surface area is 191 Å². The number of nitrogens with one attached hydrogen (secondary N) is 2. The predicted octanol–water partition coefficient (Wildman–Crippen LogP) is 5.57. The predicted molar refractivity (Wildman–Crippen MR) is 135 cm³/mol. The summed E-state index contributed by atoms with van der Waals surface area (Å²) in [6, 6.07) is 18.1. The third-order valence-corrected chi connectivity index (χ3v) is 6.56. The number of anilines is 2. The van der Waals surface area contributed by atoms with Gasteiger partial charge in [-0.2, -0.15) is 4.98 Å². The molecule has 0 amide bonds. The van der Waals surface area contributed by atoms with E-state index in [-0.39, 0.29) is 7.43 Å². The quantitative estimate of drug-likeness (QED) is 0.472. The van der Waals surface area contributed by atoms with Gasteiger partial charge in [-0.15, -0.1) is 11.8 Å². The van der Waals surface area contributed by atoms with Gasteiger partial charge in [-0.3, -0.25) is 0 Å². The first-order valence-electron chi connectivity index (χ1n) is 10.7. The van der Waals surface area contributed by atoms with Gasteiger partial charge in [-0.05, 0) is 61.8 Å². The van der Waals surface area contributed by atoms with E-state index in [0.717, 1.165) is 42.1 Å². The van der Waals surface area contributed by atoms with Crippen molar-refractivity contribution < 1.29 is 0 Å². The number of rotatable bonds is 7. The van der Waals surface area contributed by atoms with Gasteiger partial charge in [0.1, 0.15) is 5.82 Å². The molecule has 1 fully saturated rings. The molecule has 0 radical (unpaired) electrons. The van der Waals surface area contributed by atoms with Crippen LogP contribution in [0.3, 0.4) is 0 Å². The lowest BCUT2D eigenvalue weighted by molar-refractivity contribution is 0.352. The molecule has 1 aromatic heterocycles. The topological polar surface area (TPSA) is 53.1 Å². The number of thioether (sulfide) groups is 1. The number of hydrogen-bond acceptors (Lipinski definition) is 6. The Morgan fingerprint density at radius 1 is 0.935 bits per heavy atom. The maximum Gasteiger partial charge on any atom is 0.225 e. The van der Waals surface area contributed by atoms with Crippen LogP contribution in [-0.4, -0.2) is 42.4 Å². The Kier molecular flexibility index (Phi) is 8.15. The van der Waals surface area contributed by atoms with Crippen LogP contribution in [0.1, 0.15) is 38.7 Å². The number of aromatic nitrogens is 2. The minimum atomic E-state index is 0. The van der Waals surface area contributed by atoms with E-state index in [0.29, 0.717) is 12.1 Å². The van der Waals surface area contributed by atoms with Crippen molar-refractivity contribution in [1.82, 2.24) is 15.3 Å². The molecule has 5 nitrogen and oxygen atoms in total. The van der Waals surface area contributed by atoms with E-state index in [4.69, 9.17) is 9.97 Å². The van der Waals surface area contributed by atoms with Crippen LogP contribution < -0.4 is 15.5 Å². The van der Waals surface area contributed by atoms with Crippen molar-refractivity contribution in [3.63, 3.8) is 0 Å². The fourth-order valence-corrected chi connectivity index (χ4v) is 4.50. The summed E-state index contributed by atoms with van der Waals surface area (Å²) < 4.78 is 0. The number of para-hydroxylation sites is 1. The highest BCUT2D eigenvalue weighted by Gasteiger charge is 2.22. The van der Waals surface area contributed by atoms with Crippen molar-refractivity contribution in [1.29, 1.82) is 0 Å². The van der Waals surface area contributed by atoms with Gasteiger partial charge in [0.25, 0.3) is 0 Å². The average molecular weight is 438 g/mol. The summed E-state index contributed by atoms with van der Waals surface area (Å²) in [5.41, 5.74) is 2.34. The largest absolute Gasteiger partial charge is 0.362 e. The molecule has 1 aliphatic carbocycles. The lowest BCUT2D eigenvalue weighted by Gasteiger charge is -2.30. The summed E-state index contributed by atoms with van der Waals surface area (Å²) in [5, 5.41) is 8.42. The Hall–Kier alpha value is -2.31. The molecular weight excluding hydrogens is 402 g/mol. The molecule has 1 saturated carbocycles. The zero-order valence-electron chi connectivity index (χ0n) is 18.1. The van der Waals surface area contributed by atoms with E-state index in [1.54, 1.807) is 11.8 Å². The fourth-order valence-electron chi connectivity index (χ4n) is 4.10. The van der Waals surface area contributed by atoms with Gasteiger partial charge in [0.15, 0.2) is 0 Å². The molecule has 3 aromatic rings. The van der Waals surface area contributed by atoms with Crippen molar-refractivity contribution in [2.24, 2.45) is 0 Å². The molecular formula is C25H35N5S. The van der Waals surface area contributed by atoms with Crippen LogP contribution in [0.5, 0.6) is 0 Å². The number of benzene rings is 2. The number of hydrogen-bond donors (Lipinski definition) is 2. The zero-order valence-corrected chi connectivity index (χ0v) is 18.9. The SMILES string of the molecule is C.CSc1ccc(CNC2CCC(Nc3nc(N(C)C)c4ccccc4n3)CC2)cc1. The molecule has 0 saturated heterocycles. The molecule has 4 rings (SSSR count). The normalized spacial score (nSPS) is 18.4. The first kappa shape index (κ1) is 23.4. The van der Waals surface area contributed by atoms with Gasteiger partial charge < -0.3 is 15.5 Å². The molecule has 0 aliphatic heterocycles. The van der Waals surface area contributed by atoms with Crippen LogP contribution in [0, 0.1) is 0 Å². The molecule has 0 unspecified atom stereocenters. The second-order valence-electron chi connectivity index (χ2n) is 8.20. The van der Waals surface area contributed by atoms with Crippen molar-refractivity contribution in [2.45, 2.75) is 56.6 Å². The summed E-state index contributed by atoms with van der Waals surface area (Å²) >= 11 is 1.79. The Balaban J connectivity index is 0.00000272. The van der Waals surface area contributed by atoms with Crippen molar-refractivity contribution in [3.8, 4) is 0 Å². The molecule has 6 heteroatoms. The highest BCUT2D eigenvalue weighted by molar-refractivity contribution is 7.98. The highest BCUT2D eigenvalue weighted by Crippen LogP contribution is 2.26. The lowest BCUT2D eigenvalue weighted by Crippen LogP contribution is -2.37. The van der Waals surface area contributed by atoms with Crippen LogP contribution in [-0.2, 0) is 6.54 Å². The van der Waals surface area contributed by atoms with Crippen LogP contribution in [0.2, 0.25) is 0 Å². The van der Waals surface area contributed by atoms with Crippen LogP contribution in [0.4, 0.5) is 11.8 Å². The van der Waals surface area contributed by atoms with E-state index in [1.165, 1.54) is 23.3 Å². The zero-order chi connectivity index (χ0) is 20.9. The fraction of sp³-hybridized carbons (Fsp3) is 0.440. The summed E-state index contributed by atoms with van der Waals surface area (Å²) in [4.78, 5) is 12.9. The van der Waals surface area contributed by atoms with Crippen molar-refractivity contribution in [2.75, 3.05) is 30.6 Å². The molecule has 0 spiro atoms. The maximum atomic E-state index is 4.79. The standard InChI is InChI=1S/C24H31N5S.CH4/c1-29(2)23-21-6-4-5-7-22(21)27-24(28-23)26-19-12-10-18(11-13-19)25-16-17-8-14-20(30-3)15-9-17;/h4-9,14-15,18-19,25H,10-13,16H2,1-3H3,(H,26,27,28);1H4. The molecule has 31 heavy (non-hydrogen) atoms. The highest BCUT2D eigenvalue weighted by atomic mass is 32.2. The molecule has 2 aromatic carbocycles. The van der Waals surface area contributed by atoms with E-state index in [2.05, 4.69) is 58.2 Å². The molecule has 1 aliphatic rings. The smallest absolute Gasteiger partial charge is 0.225 e. The van der Waals surface area contributed by atoms with Crippen LogP contribution >= 0.6 is 11.8 Å². The summed E-state index contributed by atoms with van der Waals surface area (Å²) in [5.74, 6) is 1.70. The number of fused-ring (bicyclic) bond motifs is 1. The monoisotopic (exact) mass is 437 g/mol. The molecule has 166 valence electrons. The Morgan fingerprint density at radius 3 is 2.29 bits per heavy atom.